The zero-order valence-corrected chi connectivity index (χ0v) is 23.5. The Morgan fingerprint density at radius 3 is 2.12 bits per heavy atom. The van der Waals surface area contributed by atoms with Gasteiger partial charge in [-0.25, -0.2) is 4.57 Å². The summed E-state index contributed by atoms with van der Waals surface area (Å²) in [5, 5.41) is 4.52. The van der Waals surface area contributed by atoms with Crippen molar-refractivity contribution in [3.05, 3.63) is 84.1 Å². The van der Waals surface area contributed by atoms with E-state index in [2.05, 4.69) is 139 Å². The monoisotopic (exact) mass is 466 g/mol. The molecule has 0 bridgehead atoms. The average molecular weight is 467 g/mol. The van der Waals surface area contributed by atoms with E-state index >= 15 is 0 Å². The highest BCUT2D eigenvalue weighted by Crippen LogP contribution is 2.38. The smallest absolute Gasteiger partial charge is 0.200 e. The molecule has 0 saturated carbocycles. The van der Waals surface area contributed by atoms with Crippen molar-refractivity contribution in [3.8, 4) is 22.4 Å². The molecule has 0 atom stereocenters. The molecule has 0 amide bonds. The maximum atomic E-state index is 2.50. The lowest BCUT2D eigenvalue weighted by Crippen LogP contribution is -2.49. The lowest BCUT2D eigenvalue weighted by molar-refractivity contribution is -0.659. The van der Waals surface area contributed by atoms with Gasteiger partial charge in [0.25, 0.3) is 0 Å². The van der Waals surface area contributed by atoms with E-state index < -0.39 is 8.07 Å². The minimum atomic E-state index is -1.60. The summed E-state index contributed by atoms with van der Waals surface area (Å²) < 4.78 is 2.30. The van der Waals surface area contributed by atoms with Gasteiger partial charge in [0, 0.05) is 6.07 Å². The standard InChI is InChI=1S/C32H40NSi/c1-22(2)29-20-26(24-13-11-10-12-14-24)21-30(23(29)3)31-28-16-15-27(34(8,9)32(4,5)6)19-25(28)17-18-33(31)7/h10-22H,1-9H3/q+1. The van der Waals surface area contributed by atoms with Crippen molar-refractivity contribution in [3.63, 3.8) is 0 Å². The molecule has 0 N–H and O–H groups in total. The fourth-order valence-corrected chi connectivity index (χ4v) is 6.79. The Kier molecular flexibility index (Phi) is 6.33. The topological polar surface area (TPSA) is 3.88 Å². The third kappa shape index (κ3) is 4.25. The zero-order valence-electron chi connectivity index (χ0n) is 22.5. The molecular weight excluding hydrogens is 426 g/mol. The number of rotatable bonds is 4. The normalized spacial score (nSPS) is 12.5. The number of aryl methyl sites for hydroxylation is 1. The first kappa shape index (κ1) is 24.4. The zero-order chi connectivity index (χ0) is 24.8. The molecule has 0 aliphatic rings. The summed E-state index contributed by atoms with van der Waals surface area (Å²) in [7, 11) is 0.578. The van der Waals surface area contributed by atoms with Gasteiger partial charge in [-0.1, -0.05) is 101 Å². The van der Waals surface area contributed by atoms with Gasteiger partial charge in [0.2, 0.25) is 5.69 Å². The molecule has 0 unspecified atom stereocenters. The maximum Gasteiger partial charge on any atom is 0.220 e. The summed E-state index contributed by atoms with van der Waals surface area (Å²) in [6.45, 7) is 19.1. The third-order valence-corrected chi connectivity index (χ3v) is 13.7. The lowest BCUT2D eigenvalue weighted by Gasteiger charge is -2.37. The molecule has 34 heavy (non-hydrogen) atoms. The SMILES string of the molecule is Cc1c(-c2c3ccc([Si](C)(C)C(C)(C)C)cc3cc[n+]2C)cc(-c2ccccc2)cc1C(C)C. The van der Waals surface area contributed by atoms with Gasteiger partial charge < -0.3 is 0 Å². The van der Waals surface area contributed by atoms with Gasteiger partial charge >= 0.3 is 0 Å². The number of hydrogen-bond acceptors (Lipinski definition) is 0. The molecule has 0 radical (unpaired) electrons. The van der Waals surface area contributed by atoms with Crippen molar-refractivity contribution in [1.82, 2.24) is 0 Å². The fourth-order valence-electron chi connectivity index (χ4n) is 4.91. The number of hydrogen-bond donors (Lipinski definition) is 0. The molecule has 3 aromatic carbocycles. The quantitative estimate of drug-likeness (QED) is 0.211. The van der Waals surface area contributed by atoms with Crippen LogP contribution in [-0.4, -0.2) is 8.07 Å². The second-order valence-electron chi connectivity index (χ2n) is 11.7. The molecule has 2 heteroatoms. The number of aromatic nitrogens is 1. The lowest BCUT2D eigenvalue weighted by atomic mass is 9.87. The Hall–Kier alpha value is -2.71. The van der Waals surface area contributed by atoms with Crippen molar-refractivity contribution in [2.75, 3.05) is 0 Å². The molecule has 0 saturated heterocycles. The highest BCUT2D eigenvalue weighted by Gasteiger charge is 2.37. The summed E-state index contributed by atoms with van der Waals surface area (Å²) in [4.78, 5) is 0. The number of nitrogens with zero attached hydrogens (tertiary/aromatic N) is 1. The molecule has 0 spiro atoms. The van der Waals surface area contributed by atoms with Crippen LogP contribution in [0.1, 0.15) is 51.7 Å². The van der Waals surface area contributed by atoms with Gasteiger partial charge in [-0.3, -0.25) is 0 Å². The number of benzene rings is 3. The maximum absolute atomic E-state index is 2.50. The summed E-state index contributed by atoms with van der Waals surface area (Å²) in [6.07, 6.45) is 2.23. The third-order valence-electron chi connectivity index (χ3n) is 8.17. The Balaban J connectivity index is 2.00. The van der Waals surface area contributed by atoms with Gasteiger partial charge in [-0.15, -0.1) is 0 Å². The minimum Gasteiger partial charge on any atom is -0.200 e. The van der Waals surface area contributed by atoms with Crippen LogP contribution in [0.4, 0.5) is 0 Å². The molecule has 1 heterocycles. The van der Waals surface area contributed by atoms with E-state index in [0.717, 1.165) is 0 Å². The van der Waals surface area contributed by atoms with E-state index in [1.807, 2.05) is 0 Å². The van der Waals surface area contributed by atoms with Gasteiger partial charge in [0.15, 0.2) is 6.20 Å². The number of pyridine rings is 1. The summed E-state index contributed by atoms with van der Waals surface area (Å²) in [5.74, 6) is 0.466. The van der Waals surface area contributed by atoms with Crippen LogP contribution >= 0.6 is 0 Å². The highest BCUT2D eigenvalue weighted by atomic mass is 28.3. The summed E-state index contributed by atoms with van der Waals surface area (Å²) >= 11 is 0. The second kappa shape index (κ2) is 8.81. The summed E-state index contributed by atoms with van der Waals surface area (Å²) in [5.41, 5.74) is 8.00. The highest BCUT2D eigenvalue weighted by molar-refractivity contribution is 6.92. The van der Waals surface area contributed by atoms with Crippen LogP contribution in [-0.2, 0) is 7.05 Å². The Morgan fingerprint density at radius 1 is 0.824 bits per heavy atom. The van der Waals surface area contributed by atoms with Crippen LogP contribution in [0.15, 0.2) is 72.9 Å². The second-order valence-corrected chi connectivity index (χ2v) is 17.0. The van der Waals surface area contributed by atoms with Gasteiger partial charge in [0.1, 0.15) is 7.05 Å². The predicted molar refractivity (Wildman–Crippen MR) is 152 cm³/mol. The molecule has 1 nitrogen and oxygen atoms in total. The van der Waals surface area contributed by atoms with E-state index in [1.54, 1.807) is 0 Å². The van der Waals surface area contributed by atoms with Crippen molar-refractivity contribution in [1.29, 1.82) is 0 Å². The minimum absolute atomic E-state index is 0.315. The van der Waals surface area contributed by atoms with Crippen LogP contribution in [0, 0.1) is 6.92 Å². The van der Waals surface area contributed by atoms with Crippen LogP contribution in [0.2, 0.25) is 18.1 Å². The molecule has 0 aliphatic heterocycles. The van der Waals surface area contributed by atoms with Crippen molar-refractivity contribution < 1.29 is 4.57 Å². The van der Waals surface area contributed by atoms with Crippen LogP contribution < -0.4 is 9.75 Å². The van der Waals surface area contributed by atoms with Gasteiger partial charge in [-0.05, 0) is 57.7 Å². The molecule has 4 rings (SSSR count). The average Bonchev–Trinajstić information content (AvgIpc) is 2.79. The van der Waals surface area contributed by atoms with E-state index in [9.17, 15) is 0 Å². The largest absolute Gasteiger partial charge is 0.220 e. The number of fused-ring (bicyclic) bond motifs is 1. The first-order valence-electron chi connectivity index (χ1n) is 12.5. The molecule has 176 valence electrons. The van der Waals surface area contributed by atoms with Crippen LogP contribution in [0.25, 0.3) is 33.2 Å². The van der Waals surface area contributed by atoms with E-state index in [4.69, 9.17) is 0 Å². The van der Waals surface area contributed by atoms with Gasteiger partial charge in [0.05, 0.1) is 19.0 Å². The molecule has 0 fully saturated rings. The Bertz CT molecular complexity index is 1340. The first-order chi connectivity index (χ1) is 15.9. The van der Waals surface area contributed by atoms with Crippen LogP contribution in [0.5, 0.6) is 0 Å². The Morgan fingerprint density at radius 2 is 1.50 bits per heavy atom. The Labute approximate surface area is 207 Å². The first-order valence-corrected chi connectivity index (χ1v) is 15.5. The van der Waals surface area contributed by atoms with Gasteiger partial charge in [-0.2, -0.15) is 0 Å². The summed E-state index contributed by atoms with van der Waals surface area (Å²) in [6, 6.07) is 25.1. The van der Waals surface area contributed by atoms with Crippen molar-refractivity contribution in [2.24, 2.45) is 7.05 Å². The van der Waals surface area contributed by atoms with E-state index in [0.29, 0.717) is 11.0 Å². The molecule has 1 aromatic heterocycles. The fraction of sp³-hybridized carbons (Fsp3) is 0.344. The van der Waals surface area contributed by atoms with Crippen molar-refractivity contribution >= 4 is 24.0 Å². The molecule has 0 aliphatic carbocycles. The van der Waals surface area contributed by atoms with E-state index in [-0.39, 0.29) is 0 Å². The predicted octanol–water partition coefficient (Wildman–Crippen LogP) is 8.15. The molecule has 4 aromatic rings. The van der Waals surface area contributed by atoms with Crippen LogP contribution in [0.3, 0.4) is 0 Å². The van der Waals surface area contributed by atoms with Crippen molar-refractivity contribution in [2.45, 2.75) is 65.6 Å². The molecular formula is C32H40NSi+. The van der Waals surface area contributed by atoms with E-state index in [1.165, 1.54) is 49.5 Å².